The predicted molar refractivity (Wildman–Crippen MR) is 45.1 cm³/mol. The van der Waals surface area contributed by atoms with Crippen LogP contribution >= 0.6 is 0 Å². The van der Waals surface area contributed by atoms with Crippen LogP contribution in [0.15, 0.2) is 30.3 Å². The highest BCUT2D eigenvalue weighted by atomic mass is 14.3. The second-order valence-corrected chi connectivity index (χ2v) is 2.68. The monoisotopic (exact) mass is 145 g/mol. The van der Waals surface area contributed by atoms with Gasteiger partial charge in [0.25, 0.3) is 0 Å². The molecule has 56 valence electrons. The van der Waals surface area contributed by atoms with Gasteiger partial charge in [0.15, 0.2) is 0 Å². The second-order valence-electron chi connectivity index (χ2n) is 2.68. The number of benzene rings is 1. The van der Waals surface area contributed by atoms with Gasteiger partial charge in [0.05, 0.1) is 0 Å². The van der Waals surface area contributed by atoms with Crippen LogP contribution in [0.1, 0.15) is 24.3 Å². The number of hydrogen-bond donors (Lipinski definition) is 0. The van der Waals surface area contributed by atoms with Gasteiger partial charge in [0.1, 0.15) is 0 Å². The highest BCUT2D eigenvalue weighted by Crippen LogP contribution is 2.39. The molecule has 0 unspecified atom stereocenters. The van der Waals surface area contributed by atoms with Crippen LogP contribution in [-0.4, -0.2) is 0 Å². The quantitative estimate of drug-likeness (QED) is 0.596. The first kappa shape index (κ1) is 7.81. The third-order valence-electron chi connectivity index (χ3n) is 1.85. The van der Waals surface area contributed by atoms with E-state index in [0.29, 0.717) is 0 Å². The minimum Gasteiger partial charge on any atom is -0.202 e. The molecule has 0 N–H and O–H groups in total. The van der Waals surface area contributed by atoms with Gasteiger partial charge in [0.2, 0.25) is 0 Å². The summed E-state index contributed by atoms with van der Waals surface area (Å²) in [7, 11) is 0. The van der Waals surface area contributed by atoms with Gasteiger partial charge in [-0.3, -0.25) is 0 Å². The molecule has 0 aromatic heterocycles. The summed E-state index contributed by atoms with van der Waals surface area (Å²) in [6.45, 7) is 3.50. The maximum atomic E-state index is 6.50. The highest BCUT2D eigenvalue weighted by Gasteiger charge is 2.22. The van der Waals surface area contributed by atoms with Crippen molar-refractivity contribution in [2.75, 3.05) is 0 Å². The van der Waals surface area contributed by atoms with Crippen molar-refractivity contribution in [3.05, 3.63) is 35.9 Å². The van der Waals surface area contributed by atoms with Crippen LogP contribution in [0.2, 0.25) is 0 Å². The van der Waals surface area contributed by atoms with E-state index in [1.165, 1.54) is 18.4 Å². The average Bonchev–Trinajstić information content (AvgIpc) is 2.92. The molecule has 0 heterocycles. The van der Waals surface area contributed by atoms with Crippen LogP contribution in [0.4, 0.5) is 0 Å². The van der Waals surface area contributed by atoms with E-state index < -0.39 is 0 Å². The molecule has 1 aromatic rings. The summed E-state index contributed by atoms with van der Waals surface area (Å²) in [5.74, 6) is 0.909. The Morgan fingerprint density at radius 2 is 1.64 bits per heavy atom. The Morgan fingerprint density at radius 1 is 1.09 bits per heavy atom. The van der Waals surface area contributed by atoms with Gasteiger partial charge < -0.3 is 0 Å². The SMILES string of the molecule is C#N.c1ccc(C2CC2)cc1. The molecule has 0 amide bonds. The third kappa shape index (κ3) is 2.09. The molecule has 1 heteroatoms. The molecule has 0 bridgehead atoms. The van der Waals surface area contributed by atoms with E-state index in [2.05, 4.69) is 36.9 Å². The van der Waals surface area contributed by atoms with Gasteiger partial charge >= 0.3 is 0 Å². The molecule has 1 nitrogen and oxygen atoms in total. The molecule has 2 rings (SSSR count). The van der Waals surface area contributed by atoms with E-state index in [-0.39, 0.29) is 0 Å². The molecular formula is C10H11N. The van der Waals surface area contributed by atoms with Crippen LogP contribution in [-0.2, 0) is 0 Å². The van der Waals surface area contributed by atoms with Crippen molar-refractivity contribution in [2.45, 2.75) is 18.8 Å². The van der Waals surface area contributed by atoms with E-state index in [9.17, 15) is 0 Å². The molecule has 0 saturated heterocycles. The maximum Gasteiger partial charge on any atom is 0.0462 e. The number of hydrogen-bond acceptors (Lipinski definition) is 1. The molecule has 0 radical (unpaired) electrons. The van der Waals surface area contributed by atoms with Crippen LogP contribution in [0.5, 0.6) is 0 Å². The molecular weight excluding hydrogens is 134 g/mol. The molecule has 0 aliphatic heterocycles. The molecule has 1 saturated carbocycles. The number of rotatable bonds is 1. The summed E-state index contributed by atoms with van der Waals surface area (Å²) in [6.07, 6.45) is 2.81. The van der Waals surface area contributed by atoms with E-state index >= 15 is 0 Å². The fourth-order valence-electron chi connectivity index (χ4n) is 1.14. The van der Waals surface area contributed by atoms with Gasteiger partial charge in [-0.25, -0.2) is 5.26 Å². The first-order chi connectivity index (χ1) is 5.47. The summed E-state index contributed by atoms with van der Waals surface area (Å²) in [4.78, 5) is 0. The minimum atomic E-state index is 0.909. The smallest absolute Gasteiger partial charge is 0.0462 e. The van der Waals surface area contributed by atoms with E-state index in [1.54, 1.807) is 0 Å². The van der Waals surface area contributed by atoms with Crippen molar-refractivity contribution in [3.8, 4) is 6.57 Å². The molecule has 1 fully saturated rings. The van der Waals surface area contributed by atoms with Gasteiger partial charge in [-0.05, 0) is 24.3 Å². The first-order valence-electron chi connectivity index (χ1n) is 3.77. The zero-order chi connectivity index (χ0) is 8.10. The minimum absolute atomic E-state index is 0.909. The Balaban J connectivity index is 0.000000281. The predicted octanol–water partition coefficient (Wildman–Crippen LogP) is 2.70. The van der Waals surface area contributed by atoms with Crippen molar-refractivity contribution in [1.29, 1.82) is 5.26 Å². The summed E-state index contributed by atoms with van der Waals surface area (Å²) in [5.41, 5.74) is 1.53. The van der Waals surface area contributed by atoms with E-state index in [1.807, 2.05) is 0 Å². The zero-order valence-corrected chi connectivity index (χ0v) is 6.40. The van der Waals surface area contributed by atoms with Crippen LogP contribution < -0.4 is 0 Å². The Hall–Kier alpha value is -1.29. The zero-order valence-electron chi connectivity index (χ0n) is 6.40. The Bertz CT molecular complexity index is 221. The maximum absolute atomic E-state index is 6.50. The van der Waals surface area contributed by atoms with Crippen molar-refractivity contribution < 1.29 is 0 Å². The Morgan fingerprint density at radius 3 is 2.09 bits per heavy atom. The van der Waals surface area contributed by atoms with Gasteiger partial charge in [-0.15, -0.1) is 0 Å². The third-order valence-corrected chi connectivity index (χ3v) is 1.85. The van der Waals surface area contributed by atoms with Crippen LogP contribution in [0, 0.1) is 11.8 Å². The van der Waals surface area contributed by atoms with Crippen molar-refractivity contribution in [1.82, 2.24) is 0 Å². The van der Waals surface area contributed by atoms with Crippen molar-refractivity contribution in [3.63, 3.8) is 0 Å². The van der Waals surface area contributed by atoms with E-state index in [0.717, 1.165) is 5.92 Å². The molecule has 1 aromatic carbocycles. The standard InChI is InChI=1S/C9H10.CHN/c1-2-4-8(5-3-1)9-6-7-9;1-2/h1-5,9H,6-7H2;1H. The lowest BCUT2D eigenvalue weighted by atomic mass is 10.1. The van der Waals surface area contributed by atoms with E-state index in [4.69, 9.17) is 5.26 Å². The second kappa shape index (κ2) is 3.78. The molecule has 0 atom stereocenters. The fourth-order valence-corrected chi connectivity index (χ4v) is 1.14. The highest BCUT2D eigenvalue weighted by molar-refractivity contribution is 5.22. The fraction of sp³-hybridized carbons (Fsp3) is 0.300. The van der Waals surface area contributed by atoms with Gasteiger partial charge in [0, 0.05) is 6.57 Å². The molecule has 1 aliphatic rings. The summed E-state index contributed by atoms with van der Waals surface area (Å²) >= 11 is 0. The van der Waals surface area contributed by atoms with Crippen LogP contribution in [0.3, 0.4) is 0 Å². The van der Waals surface area contributed by atoms with Crippen molar-refractivity contribution in [2.24, 2.45) is 0 Å². The topological polar surface area (TPSA) is 23.8 Å². The lowest BCUT2D eigenvalue weighted by Crippen LogP contribution is -1.73. The molecule has 1 aliphatic carbocycles. The normalized spacial score (nSPS) is 14.7. The first-order valence-corrected chi connectivity index (χ1v) is 3.77. The number of nitrogens with zero attached hydrogens (tertiary/aromatic N) is 1. The average molecular weight is 145 g/mol. The van der Waals surface area contributed by atoms with Gasteiger partial charge in [-0.2, -0.15) is 0 Å². The summed E-state index contributed by atoms with van der Waals surface area (Å²) in [5, 5.41) is 6.50. The lowest BCUT2D eigenvalue weighted by molar-refractivity contribution is 1.13. The lowest BCUT2D eigenvalue weighted by Gasteiger charge is -1.92. The number of nitriles is 1. The van der Waals surface area contributed by atoms with Gasteiger partial charge in [-0.1, -0.05) is 30.3 Å². The van der Waals surface area contributed by atoms with Crippen molar-refractivity contribution >= 4 is 0 Å². The largest absolute Gasteiger partial charge is 0.202 e. The molecule has 0 spiro atoms. The van der Waals surface area contributed by atoms with Crippen LogP contribution in [0.25, 0.3) is 0 Å². The summed E-state index contributed by atoms with van der Waals surface area (Å²) < 4.78 is 0. The molecule has 11 heavy (non-hydrogen) atoms. The Labute approximate surface area is 67.3 Å². The summed E-state index contributed by atoms with van der Waals surface area (Å²) in [6, 6.07) is 10.8. The Kier molecular flexibility index (Phi) is 2.68.